The average Bonchev–Trinajstić information content (AvgIpc) is 2.75. The molecule has 3 fully saturated rings. The summed E-state index contributed by atoms with van der Waals surface area (Å²) in [5.74, 6) is 3.80. The molecule has 5 rings (SSSR count). The van der Waals surface area contributed by atoms with Gasteiger partial charge >= 0.3 is 0 Å². The summed E-state index contributed by atoms with van der Waals surface area (Å²) in [4.78, 5) is 0.547. The Morgan fingerprint density at radius 1 is 1.05 bits per heavy atom. The van der Waals surface area contributed by atoms with Crippen LogP contribution in [-0.2, 0) is 9.84 Å². The fourth-order valence-corrected chi connectivity index (χ4v) is 7.12. The zero-order chi connectivity index (χ0) is 13.5. The standard InChI is InChI=1S/C16H19NO2S/c18-20(19)8-12(11-3-1-2-4-13(11)20)17-16-14-9-5-6-10(7-9)15(14)16/h1-4,9-10,12,14-17H,5-8H2. The minimum atomic E-state index is -3.07. The van der Waals surface area contributed by atoms with Gasteiger partial charge < -0.3 is 5.32 Å². The molecule has 1 aromatic rings. The Bertz CT molecular complexity index is 667. The predicted octanol–water partition coefficient (Wildman–Crippen LogP) is 2.15. The predicted molar refractivity (Wildman–Crippen MR) is 76.0 cm³/mol. The lowest BCUT2D eigenvalue weighted by Crippen LogP contribution is -2.29. The molecule has 106 valence electrons. The lowest BCUT2D eigenvalue weighted by atomic mass is 10.0. The fourth-order valence-electron chi connectivity index (χ4n) is 5.37. The highest BCUT2D eigenvalue weighted by atomic mass is 32.2. The van der Waals surface area contributed by atoms with Crippen molar-refractivity contribution in [3.63, 3.8) is 0 Å². The second-order valence-corrected chi connectivity index (χ2v) is 9.05. The highest BCUT2D eigenvalue weighted by molar-refractivity contribution is 7.91. The molecule has 0 aromatic heterocycles. The van der Waals surface area contributed by atoms with Crippen molar-refractivity contribution in [2.75, 3.05) is 5.75 Å². The molecule has 0 amide bonds. The molecule has 5 unspecified atom stereocenters. The van der Waals surface area contributed by atoms with Gasteiger partial charge in [0.15, 0.2) is 9.84 Å². The van der Waals surface area contributed by atoms with Gasteiger partial charge in [0.2, 0.25) is 0 Å². The number of benzene rings is 1. The summed E-state index contributed by atoms with van der Waals surface area (Å²) in [7, 11) is -3.07. The molecule has 1 heterocycles. The summed E-state index contributed by atoms with van der Waals surface area (Å²) >= 11 is 0. The Hall–Kier alpha value is -0.870. The Labute approximate surface area is 119 Å². The summed E-state index contributed by atoms with van der Waals surface area (Å²) in [5, 5.41) is 3.69. The van der Waals surface area contributed by atoms with E-state index in [0.717, 1.165) is 29.2 Å². The minimum absolute atomic E-state index is 0.0196. The van der Waals surface area contributed by atoms with E-state index < -0.39 is 9.84 Å². The van der Waals surface area contributed by atoms with Gasteiger partial charge in [-0.2, -0.15) is 0 Å². The summed E-state index contributed by atoms with van der Waals surface area (Å²) in [6, 6.07) is 8.11. The monoisotopic (exact) mass is 289 g/mol. The van der Waals surface area contributed by atoms with Crippen LogP contribution in [0.5, 0.6) is 0 Å². The molecule has 3 aliphatic carbocycles. The first-order chi connectivity index (χ1) is 9.65. The van der Waals surface area contributed by atoms with Gasteiger partial charge in [0.1, 0.15) is 0 Å². The maximum absolute atomic E-state index is 12.2. The maximum atomic E-state index is 12.2. The van der Waals surface area contributed by atoms with Crippen LogP contribution in [0, 0.1) is 23.7 Å². The normalized spacial score (nSPS) is 46.2. The van der Waals surface area contributed by atoms with E-state index in [4.69, 9.17) is 0 Å². The van der Waals surface area contributed by atoms with Crippen LogP contribution in [0.15, 0.2) is 29.2 Å². The largest absolute Gasteiger partial charge is 0.306 e. The van der Waals surface area contributed by atoms with E-state index >= 15 is 0 Å². The van der Waals surface area contributed by atoms with Crippen molar-refractivity contribution in [3.05, 3.63) is 29.8 Å². The van der Waals surface area contributed by atoms with Crippen LogP contribution in [0.1, 0.15) is 30.9 Å². The molecule has 4 aliphatic rings. The van der Waals surface area contributed by atoms with Crippen LogP contribution in [0.2, 0.25) is 0 Å². The molecule has 4 heteroatoms. The Balaban J connectivity index is 1.42. The highest BCUT2D eigenvalue weighted by Gasteiger charge is 2.65. The molecule has 5 atom stereocenters. The fraction of sp³-hybridized carbons (Fsp3) is 0.625. The smallest absolute Gasteiger partial charge is 0.180 e. The van der Waals surface area contributed by atoms with Gasteiger partial charge in [-0.05, 0) is 54.6 Å². The number of hydrogen-bond donors (Lipinski definition) is 1. The molecule has 1 N–H and O–H groups in total. The van der Waals surface area contributed by atoms with Crippen LogP contribution in [-0.4, -0.2) is 20.2 Å². The lowest BCUT2D eigenvalue weighted by Gasteiger charge is -2.16. The van der Waals surface area contributed by atoms with Gasteiger partial charge in [0.25, 0.3) is 0 Å². The first-order valence-electron chi connectivity index (χ1n) is 7.73. The van der Waals surface area contributed by atoms with E-state index in [1.54, 1.807) is 6.07 Å². The van der Waals surface area contributed by atoms with Crippen LogP contribution in [0.3, 0.4) is 0 Å². The summed E-state index contributed by atoms with van der Waals surface area (Å²) in [6.45, 7) is 0. The van der Waals surface area contributed by atoms with Gasteiger partial charge in [-0.1, -0.05) is 18.2 Å². The number of nitrogens with one attached hydrogen (secondary N) is 1. The molecule has 2 bridgehead atoms. The van der Waals surface area contributed by atoms with Gasteiger partial charge in [0.05, 0.1) is 10.6 Å². The first-order valence-corrected chi connectivity index (χ1v) is 9.38. The Kier molecular flexibility index (Phi) is 2.15. The van der Waals surface area contributed by atoms with E-state index in [0.29, 0.717) is 10.9 Å². The van der Waals surface area contributed by atoms with Crippen LogP contribution >= 0.6 is 0 Å². The summed E-state index contributed by atoms with van der Waals surface area (Å²) < 4.78 is 24.4. The molecule has 20 heavy (non-hydrogen) atoms. The topological polar surface area (TPSA) is 46.2 Å². The van der Waals surface area contributed by atoms with Gasteiger partial charge in [0, 0.05) is 12.1 Å². The molecule has 0 radical (unpaired) electrons. The van der Waals surface area contributed by atoms with E-state index in [9.17, 15) is 8.42 Å². The number of sulfone groups is 1. The molecule has 1 aliphatic heterocycles. The van der Waals surface area contributed by atoms with E-state index in [2.05, 4.69) is 5.32 Å². The van der Waals surface area contributed by atoms with Crippen LogP contribution < -0.4 is 5.32 Å². The number of rotatable bonds is 2. The molecular weight excluding hydrogens is 270 g/mol. The van der Waals surface area contributed by atoms with Crippen molar-refractivity contribution in [2.24, 2.45) is 23.7 Å². The average molecular weight is 289 g/mol. The lowest BCUT2D eigenvalue weighted by molar-refractivity contribution is 0.435. The van der Waals surface area contributed by atoms with E-state index in [1.165, 1.54) is 19.3 Å². The van der Waals surface area contributed by atoms with Crippen molar-refractivity contribution in [1.29, 1.82) is 0 Å². The summed E-state index contributed by atoms with van der Waals surface area (Å²) in [5.41, 5.74) is 0.991. The van der Waals surface area contributed by atoms with Crippen molar-refractivity contribution in [1.82, 2.24) is 5.32 Å². The van der Waals surface area contributed by atoms with E-state index in [1.807, 2.05) is 18.2 Å². The zero-order valence-electron chi connectivity index (χ0n) is 11.3. The third-order valence-electron chi connectivity index (χ3n) is 6.14. The molecule has 3 saturated carbocycles. The van der Waals surface area contributed by atoms with Gasteiger partial charge in [-0.25, -0.2) is 8.42 Å². The van der Waals surface area contributed by atoms with E-state index in [-0.39, 0.29) is 11.8 Å². The molecule has 0 spiro atoms. The second kappa shape index (κ2) is 3.66. The summed E-state index contributed by atoms with van der Waals surface area (Å²) in [6.07, 6.45) is 4.25. The number of fused-ring (bicyclic) bond motifs is 6. The Morgan fingerprint density at radius 2 is 1.75 bits per heavy atom. The van der Waals surface area contributed by atoms with Crippen molar-refractivity contribution >= 4 is 9.84 Å². The minimum Gasteiger partial charge on any atom is -0.306 e. The Morgan fingerprint density at radius 3 is 2.50 bits per heavy atom. The third-order valence-corrected chi connectivity index (χ3v) is 7.96. The van der Waals surface area contributed by atoms with Crippen LogP contribution in [0.25, 0.3) is 0 Å². The molecule has 1 aromatic carbocycles. The zero-order valence-corrected chi connectivity index (χ0v) is 12.1. The van der Waals surface area contributed by atoms with Crippen LogP contribution in [0.4, 0.5) is 0 Å². The van der Waals surface area contributed by atoms with Crippen molar-refractivity contribution in [2.45, 2.75) is 36.2 Å². The van der Waals surface area contributed by atoms with Crippen molar-refractivity contribution in [3.8, 4) is 0 Å². The molecular formula is C16H19NO2S. The number of hydrogen-bond acceptors (Lipinski definition) is 3. The first kappa shape index (κ1) is 11.8. The third kappa shape index (κ3) is 1.41. The maximum Gasteiger partial charge on any atom is 0.180 e. The molecule has 3 nitrogen and oxygen atoms in total. The highest BCUT2D eigenvalue weighted by Crippen LogP contribution is 2.66. The van der Waals surface area contributed by atoms with Crippen molar-refractivity contribution < 1.29 is 8.42 Å². The quantitative estimate of drug-likeness (QED) is 0.907. The second-order valence-electron chi connectivity index (χ2n) is 7.05. The van der Waals surface area contributed by atoms with Gasteiger partial charge in [-0.15, -0.1) is 0 Å². The van der Waals surface area contributed by atoms with Gasteiger partial charge in [-0.3, -0.25) is 0 Å². The molecule has 0 saturated heterocycles. The SMILES string of the molecule is O=S1(=O)CC(NC2C3C4CCC(C4)C23)c2ccccc21.